The van der Waals surface area contributed by atoms with Crippen LogP contribution in [0.4, 0.5) is 0 Å². The van der Waals surface area contributed by atoms with Crippen LogP contribution in [0, 0.1) is 32.6 Å². The Hall–Kier alpha value is -1.26. The molecule has 1 aromatic carbocycles. The Balaban J connectivity index is 0.00000208. The molecule has 134 valence electrons. The fourth-order valence-corrected chi connectivity index (χ4v) is 4.09. The van der Waals surface area contributed by atoms with Crippen LogP contribution >= 0.6 is 12.4 Å². The summed E-state index contributed by atoms with van der Waals surface area (Å²) in [5, 5.41) is 3.47. The van der Waals surface area contributed by atoms with Crippen molar-refractivity contribution in [1.29, 1.82) is 0 Å². The topological polar surface area (TPSA) is 41.6 Å². The lowest BCUT2D eigenvalue weighted by Crippen LogP contribution is -2.36. The summed E-state index contributed by atoms with van der Waals surface area (Å²) in [7, 11) is 0. The third-order valence-electron chi connectivity index (χ3n) is 5.32. The smallest absolute Gasteiger partial charge is 0.260 e. The second-order valence-electron chi connectivity index (χ2n) is 7.15. The zero-order valence-electron chi connectivity index (χ0n) is 14.9. The lowest BCUT2D eigenvalue weighted by Gasteiger charge is -2.22. The number of ether oxygens (including phenoxy) is 1. The van der Waals surface area contributed by atoms with E-state index in [2.05, 4.69) is 24.4 Å². The molecule has 1 N–H and O–H groups in total. The summed E-state index contributed by atoms with van der Waals surface area (Å²) >= 11 is 0. The molecule has 0 spiro atoms. The van der Waals surface area contributed by atoms with E-state index in [0.29, 0.717) is 0 Å². The molecule has 0 unspecified atom stereocenters. The second kappa shape index (κ2) is 8.21. The molecule has 0 aliphatic carbocycles. The van der Waals surface area contributed by atoms with E-state index in [-0.39, 0.29) is 24.9 Å². The summed E-state index contributed by atoms with van der Waals surface area (Å²) in [4.78, 5) is 14.5. The lowest BCUT2D eigenvalue weighted by atomic mass is 9.92. The molecule has 5 heteroatoms. The van der Waals surface area contributed by atoms with Gasteiger partial charge in [0, 0.05) is 13.1 Å². The van der Waals surface area contributed by atoms with E-state index >= 15 is 0 Å². The molecule has 2 atom stereocenters. The molecule has 1 aromatic rings. The van der Waals surface area contributed by atoms with Gasteiger partial charge >= 0.3 is 0 Å². The van der Waals surface area contributed by atoms with Crippen molar-refractivity contribution < 1.29 is 9.53 Å². The highest BCUT2D eigenvalue weighted by Gasteiger charge is 2.31. The van der Waals surface area contributed by atoms with Gasteiger partial charge in [-0.1, -0.05) is 17.7 Å². The maximum absolute atomic E-state index is 12.5. The number of aryl methyl sites for hydroxylation is 3. The summed E-state index contributed by atoms with van der Waals surface area (Å²) in [5.74, 6) is 2.47. The monoisotopic (exact) mass is 352 g/mol. The number of amides is 1. The van der Waals surface area contributed by atoms with Crippen molar-refractivity contribution in [1.82, 2.24) is 10.2 Å². The Morgan fingerprint density at radius 1 is 1.12 bits per heavy atom. The molecule has 3 rings (SSSR count). The third-order valence-corrected chi connectivity index (χ3v) is 5.32. The van der Waals surface area contributed by atoms with Gasteiger partial charge in [-0.2, -0.15) is 0 Å². The minimum absolute atomic E-state index is 0. The summed E-state index contributed by atoms with van der Waals surface area (Å²) in [6.45, 7) is 10.3. The van der Waals surface area contributed by atoms with Crippen molar-refractivity contribution in [2.24, 2.45) is 11.8 Å². The predicted molar refractivity (Wildman–Crippen MR) is 99.1 cm³/mol. The van der Waals surface area contributed by atoms with Crippen LogP contribution in [-0.2, 0) is 4.79 Å². The van der Waals surface area contributed by atoms with Gasteiger partial charge in [-0.3, -0.25) is 4.79 Å². The van der Waals surface area contributed by atoms with Gasteiger partial charge < -0.3 is 15.0 Å². The van der Waals surface area contributed by atoms with E-state index < -0.39 is 0 Å². The Labute approximate surface area is 151 Å². The number of fused-ring (bicyclic) bond motifs is 1. The van der Waals surface area contributed by atoms with Gasteiger partial charge in [-0.25, -0.2) is 0 Å². The molecule has 2 aliphatic heterocycles. The number of rotatable bonds is 3. The van der Waals surface area contributed by atoms with Crippen molar-refractivity contribution >= 4 is 18.3 Å². The predicted octanol–water partition coefficient (Wildman–Crippen LogP) is 2.87. The average molecular weight is 353 g/mol. The Morgan fingerprint density at radius 2 is 1.67 bits per heavy atom. The fraction of sp³-hybridized carbons (Fsp3) is 0.632. The van der Waals surface area contributed by atoms with Crippen molar-refractivity contribution in [3.8, 4) is 5.75 Å². The van der Waals surface area contributed by atoms with E-state index in [1.54, 1.807) is 0 Å². The van der Waals surface area contributed by atoms with Crippen LogP contribution < -0.4 is 10.1 Å². The van der Waals surface area contributed by atoms with Gasteiger partial charge in [0.2, 0.25) is 0 Å². The quantitative estimate of drug-likeness (QED) is 0.909. The maximum atomic E-state index is 12.5. The molecule has 2 saturated heterocycles. The summed E-state index contributed by atoms with van der Waals surface area (Å²) in [6.07, 6.45) is 2.23. The minimum Gasteiger partial charge on any atom is -0.483 e. The molecule has 4 nitrogen and oxygen atoms in total. The van der Waals surface area contributed by atoms with Crippen LogP contribution in [0.15, 0.2) is 12.1 Å². The number of likely N-dealkylation sites (tertiary alicyclic amines) is 1. The number of nitrogens with zero attached hydrogens (tertiary/aromatic N) is 1. The summed E-state index contributed by atoms with van der Waals surface area (Å²) in [6, 6.07) is 4.21. The zero-order chi connectivity index (χ0) is 16.4. The molecule has 2 aliphatic rings. The maximum Gasteiger partial charge on any atom is 0.260 e. The molecule has 0 bridgehead atoms. The fourth-order valence-electron chi connectivity index (χ4n) is 4.09. The molecule has 24 heavy (non-hydrogen) atoms. The van der Waals surface area contributed by atoms with Crippen molar-refractivity contribution in [2.75, 3.05) is 32.8 Å². The van der Waals surface area contributed by atoms with E-state index in [9.17, 15) is 4.79 Å². The number of halogens is 1. The Kier molecular flexibility index (Phi) is 6.53. The summed E-state index contributed by atoms with van der Waals surface area (Å²) in [5.41, 5.74) is 3.44. The van der Waals surface area contributed by atoms with Gasteiger partial charge in [0.15, 0.2) is 6.61 Å². The number of hydrogen-bond acceptors (Lipinski definition) is 3. The van der Waals surface area contributed by atoms with Crippen molar-refractivity contribution in [3.05, 3.63) is 28.8 Å². The van der Waals surface area contributed by atoms with Crippen LogP contribution in [-0.4, -0.2) is 43.6 Å². The third kappa shape index (κ3) is 4.22. The van der Waals surface area contributed by atoms with Crippen molar-refractivity contribution in [2.45, 2.75) is 33.6 Å². The SMILES string of the molecule is Cc1cc(C)c(OCC(=O)N2CC[C@@H]3CNC[C@@H]3CC2)c(C)c1.Cl. The average Bonchev–Trinajstić information content (AvgIpc) is 2.84. The van der Waals surface area contributed by atoms with Crippen LogP contribution in [0.25, 0.3) is 0 Å². The molecule has 2 heterocycles. The number of benzene rings is 1. The van der Waals surface area contributed by atoms with E-state index in [1.807, 2.05) is 18.7 Å². The van der Waals surface area contributed by atoms with E-state index in [4.69, 9.17) is 4.74 Å². The molecule has 2 fully saturated rings. The second-order valence-corrected chi connectivity index (χ2v) is 7.15. The number of hydrogen-bond donors (Lipinski definition) is 1. The molecular formula is C19H29ClN2O2. The van der Waals surface area contributed by atoms with Crippen molar-refractivity contribution in [3.63, 3.8) is 0 Å². The first-order valence-corrected chi connectivity index (χ1v) is 8.73. The standard InChI is InChI=1S/C19H28N2O2.ClH/c1-13-8-14(2)19(15(3)9-13)23-12-18(22)21-6-4-16-10-20-11-17(16)5-7-21;/h8-9,16-17,20H,4-7,10-12H2,1-3H3;1H/t16-,17+;. The highest BCUT2D eigenvalue weighted by Crippen LogP contribution is 2.28. The van der Waals surface area contributed by atoms with Crippen LogP contribution in [0.1, 0.15) is 29.5 Å². The first kappa shape index (κ1) is 19.1. The van der Waals surface area contributed by atoms with Gasteiger partial charge in [0.1, 0.15) is 5.75 Å². The summed E-state index contributed by atoms with van der Waals surface area (Å²) < 4.78 is 5.87. The van der Waals surface area contributed by atoms with Crippen LogP contribution in [0.3, 0.4) is 0 Å². The Bertz CT molecular complexity index is 554. The zero-order valence-corrected chi connectivity index (χ0v) is 15.7. The number of carbonyl (C=O) groups is 1. The molecular weight excluding hydrogens is 324 g/mol. The molecule has 0 radical (unpaired) electrons. The highest BCUT2D eigenvalue weighted by atomic mass is 35.5. The first-order valence-electron chi connectivity index (χ1n) is 8.73. The lowest BCUT2D eigenvalue weighted by molar-refractivity contribution is -0.133. The van der Waals surface area contributed by atoms with Gasteiger partial charge in [-0.05, 0) is 69.7 Å². The Morgan fingerprint density at radius 3 is 2.21 bits per heavy atom. The highest BCUT2D eigenvalue weighted by molar-refractivity contribution is 5.85. The van der Waals surface area contributed by atoms with Crippen LogP contribution in [0.5, 0.6) is 5.75 Å². The van der Waals surface area contributed by atoms with Crippen LogP contribution in [0.2, 0.25) is 0 Å². The van der Waals surface area contributed by atoms with Gasteiger partial charge in [-0.15, -0.1) is 12.4 Å². The largest absolute Gasteiger partial charge is 0.483 e. The number of carbonyl (C=O) groups excluding carboxylic acids is 1. The first-order chi connectivity index (χ1) is 11.0. The normalized spacial score (nSPS) is 23.2. The molecule has 1 amide bonds. The van der Waals surface area contributed by atoms with E-state index in [1.165, 1.54) is 5.56 Å². The van der Waals surface area contributed by atoms with Gasteiger partial charge in [0.25, 0.3) is 5.91 Å². The van der Waals surface area contributed by atoms with Gasteiger partial charge in [0.05, 0.1) is 0 Å². The molecule has 0 saturated carbocycles. The minimum atomic E-state index is 0. The molecule has 0 aromatic heterocycles. The number of nitrogens with one attached hydrogen (secondary N) is 1. The van der Waals surface area contributed by atoms with E-state index in [0.717, 1.165) is 67.7 Å².